The van der Waals surface area contributed by atoms with Gasteiger partial charge in [0.1, 0.15) is 0 Å². The van der Waals surface area contributed by atoms with E-state index in [1.54, 1.807) is 0 Å². The molecule has 27 heavy (non-hydrogen) atoms. The van der Waals surface area contributed by atoms with E-state index in [-0.39, 0.29) is 21.7 Å². The monoisotopic (exact) mass is 388 g/mol. The van der Waals surface area contributed by atoms with Gasteiger partial charge in [0.2, 0.25) is 0 Å². The SMILES string of the molecule is CC1=C(C)CC=[C-]1.CC1=C(C)CC=[C-]1.[Ti+4].[c-]1ccccc1.[c-]1ccccc1. The van der Waals surface area contributed by atoms with E-state index in [0.29, 0.717) is 0 Å². The summed E-state index contributed by atoms with van der Waals surface area (Å²) in [5.74, 6) is 0. The van der Waals surface area contributed by atoms with E-state index in [1.807, 2.05) is 60.7 Å². The van der Waals surface area contributed by atoms with Crippen LogP contribution >= 0.6 is 0 Å². The standard InChI is InChI=1S/2C7H9.2C6H5.Ti/c2*1-6-4-3-5-7(6)2;2*1-2-4-6-5-3-1;/h2*3H,4H2,1-2H3;2*1-5H;/q4*-1;+4. The van der Waals surface area contributed by atoms with E-state index in [4.69, 9.17) is 0 Å². The van der Waals surface area contributed by atoms with Crippen LogP contribution in [0, 0.1) is 24.3 Å². The second-order valence-electron chi connectivity index (χ2n) is 6.07. The fourth-order valence-corrected chi connectivity index (χ4v) is 1.95. The molecule has 0 spiro atoms. The molecule has 0 saturated heterocycles. The first kappa shape index (κ1) is 25.1. The fraction of sp³-hybridized carbons (Fsp3) is 0.231. The van der Waals surface area contributed by atoms with E-state index in [0.717, 1.165) is 12.8 Å². The average molecular weight is 388 g/mol. The van der Waals surface area contributed by atoms with Crippen molar-refractivity contribution in [1.29, 1.82) is 0 Å². The Morgan fingerprint density at radius 3 is 0.963 bits per heavy atom. The summed E-state index contributed by atoms with van der Waals surface area (Å²) in [5, 5.41) is 0. The normalized spacial score (nSPS) is 13.5. The van der Waals surface area contributed by atoms with Crippen molar-refractivity contribution in [3.63, 3.8) is 0 Å². The number of allylic oxidation sites excluding steroid dienone is 8. The quantitative estimate of drug-likeness (QED) is 0.332. The van der Waals surface area contributed by atoms with Crippen molar-refractivity contribution in [1.82, 2.24) is 0 Å². The van der Waals surface area contributed by atoms with Crippen LogP contribution in [-0.2, 0) is 21.7 Å². The van der Waals surface area contributed by atoms with E-state index in [1.165, 1.54) is 22.3 Å². The van der Waals surface area contributed by atoms with Crippen molar-refractivity contribution < 1.29 is 21.7 Å². The Morgan fingerprint density at radius 1 is 0.556 bits per heavy atom. The third-order valence-corrected chi connectivity index (χ3v) is 3.95. The van der Waals surface area contributed by atoms with Gasteiger partial charge in [-0.3, -0.25) is 12.2 Å². The predicted octanol–water partition coefficient (Wildman–Crippen LogP) is 7.14. The number of hydrogen-bond acceptors (Lipinski definition) is 0. The summed E-state index contributed by atoms with van der Waals surface area (Å²) in [7, 11) is 0. The fourth-order valence-electron chi connectivity index (χ4n) is 1.95. The van der Waals surface area contributed by atoms with Crippen LogP contribution in [0.1, 0.15) is 40.5 Å². The molecule has 0 N–H and O–H groups in total. The first-order valence-corrected chi connectivity index (χ1v) is 8.92. The first-order chi connectivity index (χ1) is 12.6. The molecule has 0 atom stereocenters. The van der Waals surface area contributed by atoms with E-state index in [9.17, 15) is 0 Å². The topological polar surface area (TPSA) is 0 Å². The molecule has 0 aliphatic heterocycles. The van der Waals surface area contributed by atoms with E-state index >= 15 is 0 Å². The molecule has 0 unspecified atom stereocenters. The largest absolute Gasteiger partial charge is 4.00 e. The van der Waals surface area contributed by atoms with Gasteiger partial charge in [0.05, 0.1) is 0 Å². The van der Waals surface area contributed by atoms with Gasteiger partial charge in [-0.05, 0) is 0 Å². The van der Waals surface area contributed by atoms with Gasteiger partial charge in [0.15, 0.2) is 0 Å². The minimum absolute atomic E-state index is 0. The third-order valence-electron chi connectivity index (χ3n) is 3.95. The maximum atomic E-state index is 3.12. The number of benzene rings is 2. The van der Waals surface area contributed by atoms with Crippen molar-refractivity contribution in [3.05, 3.63) is 119 Å². The summed E-state index contributed by atoms with van der Waals surface area (Å²) in [5.41, 5.74) is 5.56. The summed E-state index contributed by atoms with van der Waals surface area (Å²) in [6, 6.07) is 25.0. The van der Waals surface area contributed by atoms with Crippen molar-refractivity contribution in [3.8, 4) is 0 Å². The summed E-state index contributed by atoms with van der Waals surface area (Å²) < 4.78 is 0. The molecule has 0 radical (unpaired) electrons. The maximum absolute atomic E-state index is 3.12. The minimum atomic E-state index is 0. The van der Waals surface area contributed by atoms with Crippen molar-refractivity contribution >= 4 is 0 Å². The van der Waals surface area contributed by atoms with Crippen LogP contribution in [0.3, 0.4) is 0 Å². The van der Waals surface area contributed by atoms with Crippen LogP contribution in [0.15, 0.2) is 95.1 Å². The molecule has 136 valence electrons. The molecule has 1 heteroatoms. The van der Waals surface area contributed by atoms with Gasteiger partial charge in [0.25, 0.3) is 0 Å². The van der Waals surface area contributed by atoms with Gasteiger partial charge in [-0.15, -0.1) is 13.8 Å². The maximum Gasteiger partial charge on any atom is 4.00 e. The van der Waals surface area contributed by atoms with Crippen LogP contribution in [0.5, 0.6) is 0 Å². The van der Waals surface area contributed by atoms with Gasteiger partial charge in [0, 0.05) is 0 Å². The van der Waals surface area contributed by atoms with Crippen LogP contribution in [0.4, 0.5) is 0 Å². The Balaban J connectivity index is 0.000000331. The van der Waals surface area contributed by atoms with Gasteiger partial charge >= 0.3 is 21.7 Å². The van der Waals surface area contributed by atoms with Gasteiger partial charge in [-0.2, -0.15) is 84.9 Å². The zero-order valence-electron chi connectivity index (χ0n) is 16.8. The molecule has 2 aromatic carbocycles. The number of rotatable bonds is 0. The summed E-state index contributed by atoms with van der Waals surface area (Å²) in [4.78, 5) is 0. The molecule has 0 bridgehead atoms. The summed E-state index contributed by atoms with van der Waals surface area (Å²) in [6.07, 6.45) is 12.6. The molecule has 0 fully saturated rings. The Hall–Kier alpha value is -1.89. The molecule has 0 saturated carbocycles. The third kappa shape index (κ3) is 13.0. The molecule has 2 aliphatic rings. The van der Waals surface area contributed by atoms with Crippen molar-refractivity contribution in [2.45, 2.75) is 40.5 Å². The van der Waals surface area contributed by atoms with Crippen LogP contribution in [0.25, 0.3) is 0 Å². The Kier molecular flexibility index (Phi) is 15.2. The van der Waals surface area contributed by atoms with Gasteiger partial charge in [-0.25, -0.2) is 22.3 Å². The second-order valence-corrected chi connectivity index (χ2v) is 6.07. The van der Waals surface area contributed by atoms with Crippen LogP contribution in [0.2, 0.25) is 0 Å². The molecule has 0 aromatic heterocycles. The zero-order valence-corrected chi connectivity index (χ0v) is 18.4. The Bertz CT molecular complexity index is 600. The van der Waals surface area contributed by atoms with Gasteiger partial charge in [-0.1, -0.05) is 26.7 Å². The second kappa shape index (κ2) is 16.3. The van der Waals surface area contributed by atoms with E-state index in [2.05, 4.69) is 64.1 Å². The number of hydrogen-bond donors (Lipinski definition) is 0. The first-order valence-electron chi connectivity index (χ1n) is 8.92. The van der Waals surface area contributed by atoms with Crippen LogP contribution in [-0.4, -0.2) is 0 Å². The molecule has 0 amide bonds. The average Bonchev–Trinajstić information content (AvgIpc) is 3.27. The zero-order chi connectivity index (χ0) is 19.0. The van der Waals surface area contributed by atoms with E-state index < -0.39 is 0 Å². The molecule has 0 heterocycles. The molecule has 2 aromatic rings. The van der Waals surface area contributed by atoms with Crippen molar-refractivity contribution in [2.24, 2.45) is 0 Å². The smallest absolute Gasteiger partial charge is 0.253 e. The molecule has 0 nitrogen and oxygen atoms in total. The summed E-state index contributed by atoms with van der Waals surface area (Å²) in [6.45, 7) is 8.48. The molecular weight excluding hydrogens is 360 g/mol. The van der Waals surface area contributed by atoms with Crippen molar-refractivity contribution in [2.75, 3.05) is 0 Å². The minimum Gasteiger partial charge on any atom is -0.253 e. The molecule has 2 aliphatic carbocycles. The Labute approximate surface area is 181 Å². The predicted molar refractivity (Wildman–Crippen MR) is 112 cm³/mol. The Morgan fingerprint density at radius 2 is 0.889 bits per heavy atom. The van der Waals surface area contributed by atoms with Crippen LogP contribution < -0.4 is 0 Å². The van der Waals surface area contributed by atoms with Gasteiger partial charge < -0.3 is 0 Å². The summed E-state index contributed by atoms with van der Waals surface area (Å²) >= 11 is 0. The molecular formula is C26H28Ti. The molecule has 4 rings (SSSR count).